The zero-order chi connectivity index (χ0) is 21.2. The van der Waals surface area contributed by atoms with Crippen LogP contribution in [0.15, 0.2) is 71.3 Å². The highest BCUT2D eigenvalue weighted by Gasteiger charge is 2.22. The van der Waals surface area contributed by atoms with Gasteiger partial charge in [-0.2, -0.15) is 0 Å². The van der Waals surface area contributed by atoms with E-state index in [4.69, 9.17) is 5.79 Å². The third-order valence-electron chi connectivity index (χ3n) is 6.80. The van der Waals surface area contributed by atoms with E-state index >= 15 is 0 Å². The maximum absolute atomic E-state index is 8.95. The molecular weight excluding hydrogens is 366 g/mol. The fourth-order valence-corrected chi connectivity index (χ4v) is 5.08. The fraction of sp³-hybridized carbons (Fsp3) is 0.250. The van der Waals surface area contributed by atoms with Crippen molar-refractivity contribution in [2.24, 2.45) is 7.05 Å². The molecule has 148 valence electrons. The van der Waals surface area contributed by atoms with Gasteiger partial charge in [0.25, 0.3) is 0 Å². The average Bonchev–Trinajstić information content (AvgIpc) is 3.38. The van der Waals surface area contributed by atoms with Crippen molar-refractivity contribution in [2.45, 2.75) is 38.5 Å². The SMILES string of the molecule is [2H]C1(c2cc[n+](C)c(-c3ccc4c(oc5cc6ccccc6cc54)c3C)c2)CCCC1. The molecule has 0 unspecified atom stereocenters. The number of hydrogen-bond donors (Lipinski definition) is 0. The third-order valence-corrected chi connectivity index (χ3v) is 6.80. The summed E-state index contributed by atoms with van der Waals surface area (Å²) in [6.07, 6.45) is 6.31. The van der Waals surface area contributed by atoms with Crippen molar-refractivity contribution in [3.63, 3.8) is 0 Å². The Morgan fingerprint density at radius 2 is 1.70 bits per heavy atom. The molecule has 2 aromatic heterocycles. The smallest absolute Gasteiger partial charge is 0.212 e. The number of aromatic nitrogens is 1. The van der Waals surface area contributed by atoms with E-state index in [2.05, 4.69) is 85.4 Å². The summed E-state index contributed by atoms with van der Waals surface area (Å²) >= 11 is 0. The topological polar surface area (TPSA) is 17.0 Å². The van der Waals surface area contributed by atoms with E-state index in [1.165, 1.54) is 16.3 Å². The van der Waals surface area contributed by atoms with Crippen molar-refractivity contribution < 1.29 is 10.4 Å². The molecule has 5 aromatic rings. The Kier molecular flexibility index (Phi) is 3.72. The van der Waals surface area contributed by atoms with E-state index < -0.39 is 5.89 Å². The van der Waals surface area contributed by atoms with Gasteiger partial charge in [-0.05, 0) is 66.3 Å². The highest BCUT2D eigenvalue weighted by molar-refractivity contribution is 6.11. The molecule has 1 saturated carbocycles. The number of fused-ring (bicyclic) bond motifs is 4. The van der Waals surface area contributed by atoms with Crippen LogP contribution in [0.2, 0.25) is 0 Å². The van der Waals surface area contributed by atoms with Crippen LogP contribution >= 0.6 is 0 Å². The molecule has 1 aliphatic rings. The van der Waals surface area contributed by atoms with E-state index in [0.29, 0.717) is 0 Å². The number of pyridine rings is 1. The fourth-order valence-electron chi connectivity index (χ4n) is 5.08. The Hall–Kier alpha value is -3.13. The molecular formula is C28H26NO+. The Labute approximate surface area is 178 Å². The lowest BCUT2D eigenvalue weighted by Crippen LogP contribution is -2.31. The predicted octanol–water partition coefficient (Wildman–Crippen LogP) is 7.20. The minimum absolute atomic E-state index is 0.444. The van der Waals surface area contributed by atoms with Crippen molar-refractivity contribution in [1.29, 1.82) is 0 Å². The Bertz CT molecular complexity index is 1470. The molecule has 0 N–H and O–H groups in total. The van der Waals surface area contributed by atoms with Gasteiger partial charge < -0.3 is 4.42 Å². The first-order chi connectivity index (χ1) is 15.0. The van der Waals surface area contributed by atoms with Crippen LogP contribution in [-0.4, -0.2) is 0 Å². The number of benzene rings is 3. The van der Waals surface area contributed by atoms with Crippen LogP contribution in [0.25, 0.3) is 44.0 Å². The summed E-state index contributed by atoms with van der Waals surface area (Å²) in [5.74, 6) is -0.444. The molecule has 2 nitrogen and oxygen atoms in total. The standard InChI is InChI=1S/C28H26NO/c1-18-23(26-16-22(13-14-29(26)2)19-7-3-4-8-19)11-12-24-25-15-20-9-5-6-10-21(20)17-27(25)30-28(18)24/h5-6,9-17,19H,3-4,7-8H2,1-2H3/q+1/i19D. The Morgan fingerprint density at radius 1 is 0.933 bits per heavy atom. The van der Waals surface area contributed by atoms with Gasteiger partial charge in [-0.3, -0.25) is 0 Å². The second kappa shape index (κ2) is 6.70. The van der Waals surface area contributed by atoms with Crippen LogP contribution in [0.3, 0.4) is 0 Å². The first-order valence-corrected chi connectivity index (χ1v) is 10.9. The lowest BCUT2D eigenvalue weighted by atomic mass is 9.95. The normalized spacial score (nSPS) is 16.5. The van der Waals surface area contributed by atoms with Gasteiger partial charge in [0, 0.05) is 29.8 Å². The van der Waals surface area contributed by atoms with Gasteiger partial charge in [0.2, 0.25) is 5.69 Å². The van der Waals surface area contributed by atoms with Gasteiger partial charge in [-0.25, -0.2) is 4.57 Å². The summed E-state index contributed by atoms with van der Waals surface area (Å²) in [4.78, 5) is 0. The predicted molar refractivity (Wildman–Crippen MR) is 124 cm³/mol. The van der Waals surface area contributed by atoms with Crippen LogP contribution in [0.1, 0.15) is 44.1 Å². The molecule has 6 rings (SSSR count). The van der Waals surface area contributed by atoms with E-state index in [1.54, 1.807) is 0 Å². The van der Waals surface area contributed by atoms with Crippen LogP contribution in [0, 0.1) is 6.92 Å². The molecule has 0 aliphatic heterocycles. The summed E-state index contributed by atoms with van der Waals surface area (Å²) < 4.78 is 17.5. The molecule has 30 heavy (non-hydrogen) atoms. The molecule has 3 aromatic carbocycles. The average molecular weight is 394 g/mol. The van der Waals surface area contributed by atoms with E-state index in [1.807, 2.05) is 0 Å². The monoisotopic (exact) mass is 393 g/mol. The van der Waals surface area contributed by atoms with E-state index in [-0.39, 0.29) is 0 Å². The number of furan rings is 1. The van der Waals surface area contributed by atoms with Crippen molar-refractivity contribution in [3.8, 4) is 11.3 Å². The molecule has 0 amide bonds. The highest BCUT2D eigenvalue weighted by Crippen LogP contribution is 2.38. The van der Waals surface area contributed by atoms with Crippen molar-refractivity contribution in [1.82, 2.24) is 0 Å². The van der Waals surface area contributed by atoms with E-state index in [0.717, 1.165) is 64.4 Å². The minimum Gasteiger partial charge on any atom is -0.456 e. The minimum atomic E-state index is -0.444. The highest BCUT2D eigenvalue weighted by atomic mass is 16.3. The third kappa shape index (κ3) is 2.67. The van der Waals surface area contributed by atoms with Gasteiger partial charge in [0.05, 0.1) is 5.56 Å². The second-order valence-electron chi connectivity index (χ2n) is 8.63. The summed E-state index contributed by atoms with van der Waals surface area (Å²) in [5, 5.41) is 4.75. The summed E-state index contributed by atoms with van der Waals surface area (Å²) in [6.45, 7) is 2.15. The van der Waals surface area contributed by atoms with Crippen LogP contribution in [0.4, 0.5) is 0 Å². The van der Waals surface area contributed by atoms with Gasteiger partial charge in [-0.15, -0.1) is 0 Å². The molecule has 0 atom stereocenters. The molecule has 1 aliphatic carbocycles. The van der Waals surface area contributed by atoms with Gasteiger partial charge in [0.1, 0.15) is 18.2 Å². The molecule has 0 radical (unpaired) electrons. The second-order valence-corrected chi connectivity index (χ2v) is 8.63. The first kappa shape index (κ1) is 16.6. The summed E-state index contributed by atoms with van der Waals surface area (Å²) in [5.41, 5.74) is 6.48. The van der Waals surface area contributed by atoms with Crippen molar-refractivity contribution in [2.75, 3.05) is 0 Å². The lowest BCUT2D eigenvalue weighted by Gasteiger charge is -2.11. The number of hydrogen-bond acceptors (Lipinski definition) is 1. The van der Waals surface area contributed by atoms with Gasteiger partial charge in [0.15, 0.2) is 6.20 Å². The van der Waals surface area contributed by atoms with Crippen LogP contribution < -0.4 is 4.57 Å². The molecule has 1 fully saturated rings. The largest absolute Gasteiger partial charge is 0.456 e. The van der Waals surface area contributed by atoms with Crippen LogP contribution in [0.5, 0.6) is 0 Å². The molecule has 2 heterocycles. The molecule has 0 saturated heterocycles. The lowest BCUT2D eigenvalue weighted by molar-refractivity contribution is -0.660. The number of rotatable bonds is 2. The van der Waals surface area contributed by atoms with Gasteiger partial charge >= 0.3 is 0 Å². The Morgan fingerprint density at radius 3 is 2.50 bits per heavy atom. The molecule has 0 spiro atoms. The number of aryl methyl sites for hydroxylation is 2. The van der Waals surface area contributed by atoms with E-state index in [9.17, 15) is 0 Å². The Balaban J connectivity index is 1.56. The maximum Gasteiger partial charge on any atom is 0.212 e. The summed E-state index contributed by atoms with van der Waals surface area (Å²) in [6, 6.07) is 21.6. The molecule has 0 bridgehead atoms. The first-order valence-electron chi connectivity index (χ1n) is 11.4. The maximum atomic E-state index is 8.95. The quantitative estimate of drug-likeness (QED) is 0.290. The zero-order valence-corrected chi connectivity index (χ0v) is 17.5. The molecule has 2 heteroatoms. The zero-order valence-electron chi connectivity index (χ0n) is 18.5. The van der Waals surface area contributed by atoms with Crippen LogP contribution in [-0.2, 0) is 7.05 Å². The number of nitrogens with zero attached hydrogens (tertiary/aromatic N) is 1. The summed E-state index contributed by atoms with van der Waals surface area (Å²) in [7, 11) is 2.08. The van der Waals surface area contributed by atoms with Crippen molar-refractivity contribution >= 4 is 32.7 Å². The van der Waals surface area contributed by atoms with Crippen molar-refractivity contribution in [3.05, 3.63) is 78.0 Å². The van der Waals surface area contributed by atoms with Gasteiger partial charge in [-0.1, -0.05) is 37.1 Å².